The van der Waals surface area contributed by atoms with Crippen LogP contribution in [0.5, 0.6) is 11.5 Å². The zero-order chi connectivity index (χ0) is 24.7. The van der Waals surface area contributed by atoms with E-state index in [0.29, 0.717) is 49.5 Å². The van der Waals surface area contributed by atoms with Gasteiger partial charge >= 0.3 is 11.9 Å². The van der Waals surface area contributed by atoms with Crippen molar-refractivity contribution >= 4 is 29.1 Å². The van der Waals surface area contributed by atoms with Crippen LogP contribution in [0, 0.1) is 16.0 Å². The van der Waals surface area contributed by atoms with Gasteiger partial charge in [0.25, 0.3) is 5.69 Å². The Kier molecular flexibility index (Phi) is 8.18. The van der Waals surface area contributed by atoms with E-state index in [1.165, 1.54) is 31.4 Å². The number of Topliss-reactive ketones (excluding diaryl/α,β-unsaturated/α-hetero) is 1. The van der Waals surface area contributed by atoms with Crippen LogP contribution >= 0.6 is 0 Å². The highest BCUT2D eigenvalue weighted by atomic mass is 16.6. The maximum Gasteiger partial charge on any atom is 0.313 e. The van der Waals surface area contributed by atoms with Crippen LogP contribution in [0.15, 0.2) is 42.5 Å². The van der Waals surface area contributed by atoms with Gasteiger partial charge < -0.3 is 19.1 Å². The molecule has 10 heteroatoms. The number of nitrogens with zero attached hydrogens (tertiary/aromatic N) is 2. The summed E-state index contributed by atoms with van der Waals surface area (Å²) in [5, 5.41) is 11.5. The second-order valence-electron chi connectivity index (χ2n) is 7.76. The first-order chi connectivity index (χ1) is 16.3. The summed E-state index contributed by atoms with van der Waals surface area (Å²) in [4.78, 5) is 48.3. The molecule has 1 aliphatic heterocycles. The number of benzene rings is 2. The van der Waals surface area contributed by atoms with Gasteiger partial charge in [-0.2, -0.15) is 0 Å². The minimum atomic E-state index is -0.624. The van der Waals surface area contributed by atoms with Crippen molar-refractivity contribution in [1.29, 1.82) is 0 Å². The van der Waals surface area contributed by atoms with E-state index in [2.05, 4.69) is 4.74 Å². The molecule has 0 amide bonds. The minimum absolute atomic E-state index is 0.120. The summed E-state index contributed by atoms with van der Waals surface area (Å²) in [6.07, 6.45) is 0.829. The number of non-ortho nitro benzene ring substituents is 1. The number of hydrogen-bond acceptors (Lipinski definition) is 9. The van der Waals surface area contributed by atoms with Crippen molar-refractivity contribution in [3.05, 3.63) is 58.1 Å². The molecule has 0 saturated carbocycles. The Morgan fingerprint density at radius 1 is 1.06 bits per heavy atom. The summed E-state index contributed by atoms with van der Waals surface area (Å²) in [5.74, 6) is -0.750. The molecule has 0 N–H and O–H groups in total. The Bertz CT molecular complexity index is 1060. The first-order valence-corrected chi connectivity index (χ1v) is 10.9. The number of ether oxygens (including phenoxy) is 3. The zero-order valence-corrected chi connectivity index (χ0v) is 19.0. The van der Waals surface area contributed by atoms with Crippen molar-refractivity contribution < 1.29 is 33.5 Å². The van der Waals surface area contributed by atoms with Crippen molar-refractivity contribution in [2.75, 3.05) is 31.7 Å². The number of esters is 2. The molecule has 1 aliphatic rings. The van der Waals surface area contributed by atoms with Gasteiger partial charge in [-0.15, -0.1) is 0 Å². The molecule has 2 aromatic rings. The van der Waals surface area contributed by atoms with Crippen molar-refractivity contribution in [2.45, 2.75) is 26.2 Å². The van der Waals surface area contributed by atoms with Crippen LogP contribution in [0.25, 0.3) is 0 Å². The SMILES string of the molecule is CCOC(=O)C1CCN(c2cc(Oc3ccc(C(=O)CC(=O)OC)cc3)cc([N+](=O)[O-])c2)CC1. The first-order valence-electron chi connectivity index (χ1n) is 10.9. The van der Waals surface area contributed by atoms with Crippen molar-refractivity contribution in [3.8, 4) is 11.5 Å². The van der Waals surface area contributed by atoms with Gasteiger partial charge in [-0.1, -0.05) is 0 Å². The number of rotatable bonds is 9. The number of ketones is 1. The van der Waals surface area contributed by atoms with Crippen LogP contribution in [0.4, 0.5) is 11.4 Å². The molecule has 0 bridgehead atoms. The van der Waals surface area contributed by atoms with Crippen LogP contribution in [0.1, 0.15) is 36.5 Å². The summed E-state index contributed by atoms with van der Waals surface area (Å²) in [5.41, 5.74) is 0.822. The smallest absolute Gasteiger partial charge is 0.313 e. The number of methoxy groups -OCH3 is 1. The highest BCUT2D eigenvalue weighted by Gasteiger charge is 2.27. The van der Waals surface area contributed by atoms with Crippen LogP contribution in [0.2, 0.25) is 0 Å². The molecular formula is C24H26N2O8. The summed E-state index contributed by atoms with van der Waals surface area (Å²) in [6.45, 7) is 3.22. The van der Waals surface area contributed by atoms with E-state index < -0.39 is 10.9 Å². The molecule has 0 unspecified atom stereocenters. The predicted octanol–water partition coefficient (Wildman–Crippen LogP) is 3.91. The number of carbonyl (C=O) groups is 3. The zero-order valence-electron chi connectivity index (χ0n) is 19.0. The number of anilines is 1. The van der Waals surface area contributed by atoms with Crippen LogP contribution < -0.4 is 9.64 Å². The highest BCUT2D eigenvalue weighted by Crippen LogP contribution is 2.33. The number of carbonyl (C=O) groups excluding carboxylic acids is 3. The van der Waals surface area contributed by atoms with Gasteiger partial charge in [0.1, 0.15) is 17.9 Å². The molecular weight excluding hydrogens is 444 g/mol. The monoisotopic (exact) mass is 470 g/mol. The van der Waals surface area contributed by atoms with Crippen molar-refractivity contribution in [2.24, 2.45) is 5.92 Å². The molecule has 0 radical (unpaired) electrons. The molecule has 1 fully saturated rings. The van der Waals surface area contributed by atoms with Gasteiger partial charge in [-0.3, -0.25) is 24.5 Å². The Labute approximate surface area is 196 Å². The Morgan fingerprint density at radius 3 is 2.32 bits per heavy atom. The van der Waals surface area contributed by atoms with Gasteiger partial charge in [0.05, 0.1) is 30.6 Å². The molecule has 180 valence electrons. The second-order valence-corrected chi connectivity index (χ2v) is 7.76. The van der Waals surface area contributed by atoms with Crippen LogP contribution in [-0.4, -0.2) is 49.5 Å². The largest absolute Gasteiger partial charge is 0.469 e. The van der Waals surface area contributed by atoms with Crippen molar-refractivity contribution in [3.63, 3.8) is 0 Å². The maximum atomic E-state index is 12.1. The lowest BCUT2D eigenvalue weighted by atomic mass is 9.96. The fourth-order valence-corrected chi connectivity index (χ4v) is 3.70. The molecule has 0 spiro atoms. The Hall–Kier alpha value is -3.95. The van der Waals surface area contributed by atoms with Crippen LogP contribution in [-0.2, 0) is 19.1 Å². The third kappa shape index (κ3) is 6.31. The van der Waals surface area contributed by atoms with Gasteiger partial charge in [-0.25, -0.2) is 0 Å². The fourth-order valence-electron chi connectivity index (χ4n) is 3.70. The highest BCUT2D eigenvalue weighted by molar-refractivity contribution is 6.05. The average Bonchev–Trinajstić information content (AvgIpc) is 2.84. The molecule has 1 saturated heterocycles. The van der Waals surface area contributed by atoms with E-state index in [9.17, 15) is 24.5 Å². The van der Waals surface area contributed by atoms with E-state index in [-0.39, 0.29) is 35.5 Å². The average molecular weight is 470 g/mol. The topological polar surface area (TPSA) is 125 Å². The number of hydrogen-bond donors (Lipinski definition) is 0. The first kappa shape index (κ1) is 24.7. The third-order valence-corrected chi connectivity index (χ3v) is 5.51. The molecule has 3 rings (SSSR count). The summed E-state index contributed by atoms with van der Waals surface area (Å²) in [7, 11) is 1.21. The lowest BCUT2D eigenvalue weighted by molar-refractivity contribution is -0.384. The van der Waals surface area contributed by atoms with Gasteiger partial charge in [0.15, 0.2) is 5.78 Å². The third-order valence-electron chi connectivity index (χ3n) is 5.51. The molecule has 0 atom stereocenters. The van der Waals surface area contributed by atoms with Crippen LogP contribution in [0.3, 0.4) is 0 Å². The minimum Gasteiger partial charge on any atom is -0.469 e. The number of piperidine rings is 1. The molecule has 10 nitrogen and oxygen atoms in total. The predicted molar refractivity (Wildman–Crippen MR) is 122 cm³/mol. The van der Waals surface area contributed by atoms with E-state index in [1.807, 2.05) is 4.90 Å². The lowest BCUT2D eigenvalue weighted by Crippen LogP contribution is -2.37. The standard InChI is InChI=1S/C24H26N2O8/c1-3-33-24(29)17-8-10-25(11-9-17)18-12-19(26(30)31)14-21(13-18)34-20-6-4-16(5-7-20)22(27)15-23(28)32-2/h4-7,12-14,17H,3,8-11,15H2,1-2H3. The van der Waals surface area contributed by atoms with Gasteiger partial charge in [-0.05, 0) is 44.0 Å². The van der Waals surface area contributed by atoms with E-state index in [1.54, 1.807) is 25.1 Å². The molecule has 0 aromatic heterocycles. The Balaban J connectivity index is 1.73. The molecule has 34 heavy (non-hydrogen) atoms. The normalized spacial score (nSPS) is 13.8. The summed E-state index contributed by atoms with van der Waals surface area (Å²) < 4.78 is 15.4. The van der Waals surface area contributed by atoms with Crippen molar-refractivity contribution in [1.82, 2.24) is 0 Å². The number of nitro groups is 1. The number of nitro benzene ring substituents is 1. The van der Waals surface area contributed by atoms with Gasteiger partial charge in [0, 0.05) is 36.5 Å². The van der Waals surface area contributed by atoms with Gasteiger partial charge in [0.2, 0.25) is 0 Å². The quantitative estimate of drug-likeness (QED) is 0.176. The lowest BCUT2D eigenvalue weighted by Gasteiger charge is -2.32. The van der Waals surface area contributed by atoms with E-state index in [4.69, 9.17) is 9.47 Å². The molecule has 0 aliphatic carbocycles. The Morgan fingerprint density at radius 2 is 1.74 bits per heavy atom. The fraction of sp³-hybridized carbons (Fsp3) is 0.375. The maximum absolute atomic E-state index is 12.1. The summed E-state index contributed by atoms with van der Waals surface area (Å²) >= 11 is 0. The molecule has 2 aromatic carbocycles. The summed E-state index contributed by atoms with van der Waals surface area (Å²) in [6, 6.07) is 10.6. The van der Waals surface area contributed by atoms with E-state index in [0.717, 1.165) is 0 Å². The van der Waals surface area contributed by atoms with E-state index >= 15 is 0 Å². The molecule has 1 heterocycles. The second kappa shape index (κ2) is 11.3.